The van der Waals surface area contributed by atoms with Gasteiger partial charge in [-0.1, -0.05) is 30.7 Å². The fourth-order valence-corrected chi connectivity index (χ4v) is 3.01. The number of hydrogen-bond donors (Lipinski definition) is 0. The van der Waals surface area contributed by atoms with Crippen LogP contribution in [0.1, 0.15) is 33.4 Å². The van der Waals surface area contributed by atoms with Crippen LogP contribution in [0, 0.1) is 13.8 Å². The van der Waals surface area contributed by atoms with Crippen molar-refractivity contribution in [2.45, 2.75) is 27.2 Å². The molecule has 118 valence electrons. The first-order chi connectivity index (χ1) is 11.1. The van der Waals surface area contributed by atoms with Gasteiger partial charge in [-0.3, -0.25) is 0 Å². The smallest absolute Gasteiger partial charge is 0.355 e. The van der Waals surface area contributed by atoms with Gasteiger partial charge >= 0.3 is 5.97 Å². The first-order valence-electron chi connectivity index (χ1n) is 7.50. The van der Waals surface area contributed by atoms with Gasteiger partial charge in [0, 0.05) is 6.07 Å². The molecule has 0 bridgehead atoms. The Balaban J connectivity index is 2.00. The third-order valence-corrected chi connectivity index (χ3v) is 4.44. The molecule has 3 aromatic rings. The van der Waals surface area contributed by atoms with Gasteiger partial charge < -0.3 is 4.74 Å². The number of aromatic nitrogens is 2. The van der Waals surface area contributed by atoms with Crippen molar-refractivity contribution in [3.05, 3.63) is 63.5 Å². The number of hydrogen-bond acceptors (Lipinski definition) is 4. The lowest BCUT2D eigenvalue weighted by molar-refractivity contribution is 0.0728. The molecule has 0 N–H and O–H groups in total. The quantitative estimate of drug-likeness (QED) is 0.670. The molecule has 5 heteroatoms. The zero-order chi connectivity index (χ0) is 16.4. The average molecular weight is 326 g/mol. The van der Waals surface area contributed by atoms with Gasteiger partial charge in [-0.2, -0.15) is 5.10 Å². The Morgan fingerprint density at radius 3 is 2.74 bits per heavy atom. The van der Waals surface area contributed by atoms with Crippen molar-refractivity contribution < 1.29 is 9.53 Å². The maximum atomic E-state index is 12.2. The van der Waals surface area contributed by atoms with Gasteiger partial charge in [0.15, 0.2) is 0 Å². The summed E-state index contributed by atoms with van der Waals surface area (Å²) in [6, 6.07) is 11.5. The molecule has 0 unspecified atom stereocenters. The molecule has 0 saturated carbocycles. The Kier molecular flexibility index (Phi) is 4.30. The minimum absolute atomic E-state index is 0.353. The molecule has 2 heterocycles. The summed E-state index contributed by atoms with van der Waals surface area (Å²) >= 11 is 1.37. The Bertz CT molecular complexity index is 835. The summed E-state index contributed by atoms with van der Waals surface area (Å²) in [5.41, 5.74) is 4.08. The van der Waals surface area contributed by atoms with Gasteiger partial charge in [0.05, 0.1) is 11.4 Å². The van der Waals surface area contributed by atoms with Crippen LogP contribution in [0.2, 0.25) is 0 Å². The first kappa shape index (κ1) is 15.5. The van der Waals surface area contributed by atoms with Crippen LogP contribution in [0.15, 0.2) is 41.8 Å². The number of benzene rings is 1. The molecule has 0 aliphatic heterocycles. The van der Waals surface area contributed by atoms with E-state index in [1.54, 1.807) is 10.7 Å². The molecule has 0 aliphatic rings. The van der Waals surface area contributed by atoms with E-state index in [1.165, 1.54) is 16.9 Å². The number of thiophene rings is 1. The minimum Gasteiger partial charge on any atom is -0.403 e. The standard InChI is InChI=1S/C18H18N2O2S/c1-4-14-11-17(22-18(21)16-6-5-9-23-16)20(19-14)15-8-7-12(2)10-13(15)3/h5-11H,4H2,1-3H3. The lowest BCUT2D eigenvalue weighted by Gasteiger charge is -2.10. The molecular formula is C18H18N2O2S. The second kappa shape index (κ2) is 6.38. The molecule has 0 aliphatic carbocycles. The van der Waals surface area contributed by atoms with Gasteiger partial charge in [0.25, 0.3) is 0 Å². The number of ether oxygens (including phenoxy) is 1. The molecular weight excluding hydrogens is 308 g/mol. The number of aryl methyl sites for hydroxylation is 3. The summed E-state index contributed by atoms with van der Waals surface area (Å²) < 4.78 is 7.29. The summed E-state index contributed by atoms with van der Waals surface area (Å²) in [6.45, 7) is 6.11. The number of nitrogens with zero attached hydrogens (tertiary/aromatic N) is 2. The van der Waals surface area contributed by atoms with E-state index in [9.17, 15) is 4.79 Å². The van der Waals surface area contributed by atoms with Crippen molar-refractivity contribution in [3.63, 3.8) is 0 Å². The normalized spacial score (nSPS) is 10.7. The van der Waals surface area contributed by atoms with Crippen LogP contribution in [0.5, 0.6) is 5.88 Å². The topological polar surface area (TPSA) is 44.1 Å². The van der Waals surface area contributed by atoms with Crippen LogP contribution in [0.25, 0.3) is 5.69 Å². The van der Waals surface area contributed by atoms with Crippen LogP contribution in [-0.2, 0) is 6.42 Å². The Morgan fingerprint density at radius 2 is 2.09 bits per heavy atom. The van der Waals surface area contributed by atoms with Crippen LogP contribution in [0.3, 0.4) is 0 Å². The molecule has 3 rings (SSSR count). The molecule has 1 aromatic carbocycles. The number of carbonyl (C=O) groups is 1. The zero-order valence-electron chi connectivity index (χ0n) is 13.4. The predicted molar refractivity (Wildman–Crippen MR) is 91.7 cm³/mol. The molecule has 4 nitrogen and oxygen atoms in total. The Morgan fingerprint density at radius 1 is 1.26 bits per heavy atom. The maximum Gasteiger partial charge on any atom is 0.355 e. The minimum atomic E-state index is -0.353. The third kappa shape index (κ3) is 3.19. The first-order valence-corrected chi connectivity index (χ1v) is 8.38. The van der Waals surface area contributed by atoms with E-state index in [4.69, 9.17) is 4.74 Å². The van der Waals surface area contributed by atoms with E-state index in [-0.39, 0.29) is 5.97 Å². The highest BCUT2D eigenvalue weighted by Crippen LogP contribution is 2.24. The number of rotatable bonds is 4. The molecule has 0 amide bonds. The monoisotopic (exact) mass is 326 g/mol. The van der Waals surface area contributed by atoms with Crippen molar-refractivity contribution in [3.8, 4) is 11.6 Å². The van der Waals surface area contributed by atoms with E-state index in [2.05, 4.69) is 18.1 Å². The molecule has 0 saturated heterocycles. The Hall–Kier alpha value is -2.40. The van der Waals surface area contributed by atoms with E-state index < -0.39 is 0 Å². The van der Waals surface area contributed by atoms with Gasteiger partial charge in [-0.25, -0.2) is 9.48 Å². The van der Waals surface area contributed by atoms with Crippen LogP contribution >= 0.6 is 11.3 Å². The molecule has 2 aromatic heterocycles. The molecule has 0 atom stereocenters. The Labute approximate surface area is 139 Å². The predicted octanol–water partition coefficient (Wildman–Crippen LogP) is 4.33. The fraction of sp³-hybridized carbons (Fsp3) is 0.222. The van der Waals surface area contributed by atoms with Crippen LogP contribution < -0.4 is 4.74 Å². The van der Waals surface area contributed by atoms with Crippen LogP contribution in [-0.4, -0.2) is 15.7 Å². The summed E-state index contributed by atoms with van der Waals surface area (Å²) in [4.78, 5) is 12.8. The SMILES string of the molecule is CCc1cc(OC(=O)c2cccs2)n(-c2ccc(C)cc2C)n1. The highest BCUT2D eigenvalue weighted by Gasteiger charge is 2.17. The van der Waals surface area contributed by atoms with E-state index in [1.807, 2.05) is 43.5 Å². The lowest BCUT2D eigenvalue weighted by Crippen LogP contribution is -2.11. The van der Waals surface area contributed by atoms with E-state index in [0.29, 0.717) is 10.8 Å². The highest BCUT2D eigenvalue weighted by atomic mass is 32.1. The van der Waals surface area contributed by atoms with Crippen molar-refractivity contribution in [1.29, 1.82) is 0 Å². The largest absolute Gasteiger partial charge is 0.403 e. The number of esters is 1. The zero-order valence-corrected chi connectivity index (χ0v) is 14.2. The van der Waals surface area contributed by atoms with Crippen molar-refractivity contribution in [2.75, 3.05) is 0 Å². The van der Waals surface area contributed by atoms with E-state index in [0.717, 1.165) is 23.4 Å². The molecule has 0 fully saturated rings. The molecule has 0 spiro atoms. The number of carbonyl (C=O) groups excluding carboxylic acids is 1. The second-order valence-corrected chi connectivity index (χ2v) is 6.34. The van der Waals surface area contributed by atoms with Crippen molar-refractivity contribution >= 4 is 17.3 Å². The third-order valence-electron chi connectivity index (χ3n) is 3.59. The van der Waals surface area contributed by atoms with Crippen molar-refractivity contribution in [1.82, 2.24) is 9.78 Å². The summed E-state index contributed by atoms with van der Waals surface area (Å²) in [5, 5.41) is 6.42. The summed E-state index contributed by atoms with van der Waals surface area (Å²) in [7, 11) is 0. The second-order valence-electron chi connectivity index (χ2n) is 5.40. The fourth-order valence-electron chi connectivity index (χ4n) is 2.41. The van der Waals surface area contributed by atoms with Gasteiger partial charge in [-0.05, 0) is 43.3 Å². The van der Waals surface area contributed by atoms with Crippen molar-refractivity contribution in [2.24, 2.45) is 0 Å². The molecule has 23 heavy (non-hydrogen) atoms. The highest BCUT2D eigenvalue weighted by molar-refractivity contribution is 7.12. The maximum absolute atomic E-state index is 12.2. The van der Waals surface area contributed by atoms with Crippen LogP contribution in [0.4, 0.5) is 0 Å². The average Bonchev–Trinajstić information content (AvgIpc) is 3.17. The summed E-state index contributed by atoms with van der Waals surface area (Å²) in [5.74, 6) is 0.0979. The summed E-state index contributed by atoms with van der Waals surface area (Å²) in [6.07, 6.45) is 0.779. The molecule has 0 radical (unpaired) electrons. The van der Waals surface area contributed by atoms with E-state index >= 15 is 0 Å². The van der Waals surface area contributed by atoms with Gasteiger partial charge in [-0.15, -0.1) is 11.3 Å². The van der Waals surface area contributed by atoms with Gasteiger partial charge in [0.1, 0.15) is 4.88 Å². The van der Waals surface area contributed by atoms with Gasteiger partial charge in [0.2, 0.25) is 5.88 Å². The lowest BCUT2D eigenvalue weighted by atomic mass is 10.1.